The lowest BCUT2D eigenvalue weighted by Gasteiger charge is -2.05. The number of nitrogens with zero attached hydrogens (tertiary/aromatic N) is 6. The van der Waals surface area contributed by atoms with E-state index in [0.29, 0.717) is 0 Å². The van der Waals surface area contributed by atoms with Crippen LogP contribution in [0.4, 0.5) is 0 Å². The Balaban J connectivity index is 1.64. The molecule has 0 spiro atoms. The number of fused-ring (bicyclic) bond motifs is 1. The van der Waals surface area contributed by atoms with Crippen LogP contribution in [0.25, 0.3) is 33.5 Å². The first kappa shape index (κ1) is 18.2. The van der Waals surface area contributed by atoms with E-state index in [4.69, 9.17) is 14.5 Å². The van der Waals surface area contributed by atoms with Crippen LogP contribution >= 0.6 is 0 Å². The number of nitrogens with one attached hydrogen (secondary N) is 1. The molecule has 5 aromatic rings. The first-order valence-corrected chi connectivity index (χ1v) is 9.81. The zero-order valence-electron chi connectivity index (χ0n) is 17.0. The summed E-state index contributed by atoms with van der Waals surface area (Å²) in [6.45, 7) is 6.53. The molecule has 0 atom stereocenters. The van der Waals surface area contributed by atoms with Gasteiger partial charge in [-0.05, 0) is 32.9 Å². The number of H-pyrrole nitrogens is 1. The monoisotopic (exact) mass is 399 g/mol. The van der Waals surface area contributed by atoms with Crippen molar-refractivity contribution in [3.63, 3.8) is 0 Å². The second-order valence-corrected chi connectivity index (χ2v) is 7.32. The third-order valence-electron chi connectivity index (χ3n) is 5.31. The van der Waals surface area contributed by atoms with Crippen molar-refractivity contribution in [3.8, 4) is 22.4 Å². The van der Waals surface area contributed by atoms with Crippen molar-refractivity contribution in [2.24, 2.45) is 0 Å². The average Bonchev–Trinajstić information content (AvgIpc) is 3.44. The van der Waals surface area contributed by atoms with Crippen molar-refractivity contribution < 1.29 is 4.52 Å². The fourth-order valence-electron chi connectivity index (χ4n) is 3.80. The maximum Gasteiger partial charge on any atom is 0.160 e. The average molecular weight is 399 g/mol. The number of hydrogen-bond acceptors (Lipinski definition) is 6. The van der Waals surface area contributed by atoms with Crippen LogP contribution in [0.3, 0.4) is 0 Å². The first-order chi connectivity index (χ1) is 14.6. The molecule has 0 aliphatic heterocycles. The lowest BCUT2D eigenvalue weighted by atomic mass is 10.1. The molecule has 0 saturated heterocycles. The van der Waals surface area contributed by atoms with Gasteiger partial charge in [-0.3, -0.25) is 10.1 Å². The zero-order chi connectivity index (χ0) is 20.7. The van der Waals surface area contributed by atoms with E-state index in [1.54, 1.807) is 6.20 Å². The van der Waals surface area contributed by atoms with E-state index >= 15 is 0 Å². The fourth-order valence-corrected chi connectivity index (χ4v) is 3.80. The highest BCUT2D eigenvalue weighted by Gasteiger charge is 2.19. The maximum atomic E-state index is 5.33. The number of pyridine rings is 1. The predicted octanol–water partition coefficient (Wildman–Crippen LogP) is 4.04. The van der Waals surface area contributed by atoms with Gasteiger partial charge in [0.25, 0.3) is 0 Å². The summed E-state index contributed by atoms with van der Waals surface area (Å²) in [6.07, 6.45) is 8.40. The van der Waals surface area contributed by atoms with Gasteiger partial charge in [0.15, 0.2) is 5.65 Å². The molecule has 5 aromatic heterocycles. The number of aromatic nitrogens is 7. The predicted molar refractivity (Wildman–Crippen MR) is 113 cm³/mol. The minimum absolute atomic E-state index is 0.735. The van der Waals surface area contributed by atoms with Gasteiger partial charge in [0.05, 0.1) is 28.8 Å². The van der Waals surface area contributed by atoms with E-state index in [2.05, 4.69) is 31.1 Å². The molecular formula is C22H21N7O. The fraction of sp³-hybridized carbons (Fsp3) is 0.227. The second kappa shape index (κ2) is 7.22. The van der Waals surface area contributed by atoms with Crippen molar-refractivity contribution >= 4 is 11.2 Å². The summed E-state index contributed by atoms with van der Waals surface area (Å²) in [5.74, 6) is 0.735. The molecule has 1 N–H and O–H groups in total. The first-order valence-electron chi connectivity index (χ1n) is 9.81. The molecule has 5 rings (SSSR count). The largest absolute Gasteiger partial charge is 0.361 e. The SMILES string of the molecule is Cc1n[nH]cc1-c1cn(CCc2ccccn2)c2nc(-c3c(C)noc3C)cnc12. The van der Waals surface area contributed by atoms with E-state index in [-0.39, 0.29) is 0 Å². The minimum Gasteiger partial charge on any atom is -0.361 e. The van der Waals surface area contributed by atoms with Crippen molar-refractivity contribution in [3.05, 3.63) is 65.8 Å². The highest BCUT2D eigenvalue weighted by atomic mass is 16.5. The maximum absolute atomic E-state index is 5.33. The number of aryl methyl sites for hydroxylation is 5. The van der Waals surface area contributed by atoms with E-state index in [1.165, 1.54) is 0 Å². The zero-order valence-corrected chi connectivity index (χ0v) is 17.0. The van der Waals surface area contributed by atoms with Gasteiger partial charge in [0.2, 0.25) is 0 Å². The van der Waals surface area contributed by atoms with Gasteiger partial charge in [0.1, 0.15) is 11.3 Å². The van der Waals surface area contributed by atoms with Crippen molar-refractivity contribution in [2.45, 2.75) is 33.7 Å². The molecule has 8 heteroatoms. The Morgan fingerprint density at radius 3 is 2.67 bits per heavy atom. The molecule has 0 amide bonds. The van der Waals surface area contributed by atoms with Crippen LogP contribution in [0.2, 0.25) is 0 Å². The summed E-state index contributed by atoms with van der Waals surface area (Å²) in [5.41, 5.74) is 8.11. The third-order valence-corrected chi connectivity index (χ3v) is 5.31. The van der Waals surface area contributed by atoms with Crippen molar-refractivity contribution in [1.82, 2.24) is 34.9 Å². The van der Waals surface area contributed by atoms with Crippen LogP contribution < -0.4 is 0 Å². The van der Waals surface area contributed by atoms with Crippen molar-refractivity contribution in [1.29, 1.82) is 0 Å². The standard InChI is InChI=1S/C22H21N7O/c1-13-17(10-25-27-13)18-12-29(9-7-16-6-4-5-8-23-16)22-21(18)24-11-19(26-22)20-14(2)28-30-15(20)3/h4-6,8,10-12H,7,9H2,1-3H3,(H,25,27). The van der Waals surface area contributed by atoms with E-state index in [1.807, 2.05) is 51.4 Å². The van der Waals surface area contributed by atoms with Gasteiger partial charge in [-0.2, -0.15) is 5.10 Å². The van der Waals surface area contributed by atoms with Crippen molar-refractivity contribution in [2.75, 3.05) is 0 Å². The number of rotatable bonds is 5. The Morgan fingerprint density at radius 2 is 1.97 bits per heavy atom. The molecule has 0 aromatic carbocycles. The number of hydrogen-bond donors (Lipinski definition) is 1. The van der Waals surface area contributed by atoms with E-state index < -0.39 is 0 Å². The Morgan fingerprint density at radius 1 is 1.07 bits per heavy atom. The van der Waals surface area contributed by atoms with Gasteiger partial charge < -0.3 is 9.09 Å². The lowest BCUT2D eigenvalue weighted by molar-refractivity contribution is 0.393. The molecule has 0 aliphatic carbocycles. The van der Waals surface area contributed by atoms with Crippen LogP contribution in [0.1, 0.15) is 22.8 Å². The normalized spacial score (nSPS) is 11.4. The van der Waals surface area contributed by atoms with E-state index in [0.717, 1.165) is 69.4 Å². The molecule has 0 fully saturated rings. The molecule has 0 aliphatic rings. The molecule has 8 nitrogen and oxygen atoms in total. The number of aromatic amines is 1. The summed E-state index contributed by atoms with van der Waals surface area (Å²) in [7, 11) is 0. The molecule has 0 bridgehead atoms. The molecular weight excluding hydrogens is 378 g/mol. The van der Waals surface area contributed by atoms with Crippen LogP contribution in [-0.2, 0) is 13.0 Å². The van der Waals surface area contributed by atoms with E-state index in [9.17, 15) is 0 Å². The summed E-state index contributed by atoms with van der Waals surface area (Å²) >= 11 is 0. The highest BCUT2D eigenvalue weighted by molar-refractivity contribution is 5.92. The Hall–Kier alpha value is -3.81. The second-order valence-electron chi connectivity index (χ2n) is 7.32. The Labute approximate surface area is 173 Å². The van der Waals surface area contributed by atoms with Gasteiger partial charge in [-0.25, -0.2) is 9.97 Å². The summed E-state index contributed by atoms with van der Waals surface area (Å²) in [6, 6.07) is 5.97. The van der Waals surface area contributed by atoms with Gasteiger partial charge in [0, 0.05) is 48.4 Å². The Kier molecular flexibility index (Phi) is 4.39. The summed E-state index contributed by atoms with van der Waals surface area (Å²) < 4.78 is 7.47. The molecule has 0 saturated carbocycles. The molecule has 0 unspecified atom stereocenters. The van der Waals surface area contributed by atoms with Crippen LogP contribution in [0.5, 0.6) is 0 Å². The summed E-state index contributed by atoms with van der Waals surface area (Å²) in [5, 5.41) is 11.3. The quantitative estimate of drug-likeness (QED) is 0.479. The summed E-state index contributed by atoms with van der Waals surface area (Å²) in [4.78, 5) is 14.2. The van der Waals surface area contributed by atoms with Gasteiger partial charge in [-0.1, -0.05) is 11.2 Å². The van der Waals surface area contributed by atoms with Gasteiger partial charge in [-0.15, -0.1) is 0 Å². The lowest BCUT2D eigenvalue weighted by Crippen LogP contribution is -2.03. The molecule has 0 radical (unpaired) electrons. The van der Waals surface area contributed by atoms with Crippen LogP contribution in [0, 0.1) is 20.8 Å². The van der Waals surface area contributed by atoms with Gasteiger partial charge >= 0.3 is 0 Å². The highest BCUT2D eigenvalue weighted by Crippen LogP contribution is 2.32. The molecule has 150 valence electrons. The topological polar surface area (TPSA) is 98.3 Å². The smallest absolute Gasteiger partial charge is 0.160 e. The van der Waals surface area contributed by atoms with Crippen LogP contribution in [-0.4, -0.2) is 34.9 Å². The molecule has 5 heterocycles. The minimum atomic E-state index is 0.735. The Bertz CT molecular complexity index is 1310. The third kappa shape index (κ3) is 3.06. The molecule has 30 heavy (non-hydrogen) atoms. The van der Waals surface area contributed by atoms with Crippen LogP contribution in [0.15, 0.2) is 47.5 Å².